The number of ether oxygens (including phenoxy) is 2. The molecule has 0 spiro atoms. The molecule has 0 aliphatic rings. The number of benzene rings is 2. The molecule has 31 heavy (non-hydrogen) atoms. The molecule has 0 bridgehead atoms. The molecule has 1 heterocycles. The SMILES string of the molecule is COc1ccc(CCNC(=O)c2ccc(SCc3cccnc3)cc2)cc1OC(F)F. The minimum atomic E-state index is -2.94. The standard InChI is InChI=1S/C23H22F2N2O3S/c1-29-20-9-4-16(13-21(20)30-23(24)25)10-12-27-22(28)18-5-7-19(8-6-18)31-15-17-3-2-11-26-14-17/h2-9,11,13-14,23H,10,12,15H2,1H3,(H,27,28). The lowest BCUT2D eigenvalue weighted by atomic mass is 10.1. The van der Waals surface area contributed by atoms with E-state index in [0.717, 1.165) is 21.8 Å². The fourth-order valence-electron chi connectivity index (χ4n) is 2.84. The lowest BCUT2D eigenvalue weighted by Gasteiger charge is -2.12. The van der Waals surface area contributed by atoms with Crippen LogP contribution in [-0.2, 0) is 12.2 Å². The molecule has 0 radical (unpaired) electrons. The highest BCUT2D eigenvalue weighted by atomic mass is 32.2. The average molecular weight is 445 g/mol. The van der Waals surface area contributed by atoms with Crippen LogP contribution >= 0.6 is 11.8 Å². The number of rotatable bonds is 10. The number of halogens is 2. The van der Waals surface area contributed by atoms with Gasteiger partial charge in [-0.25, -0.2) is 0 Å². The Kier molecular flexibility index (Phi) is 8.23. The highest BCUT2D eigenvalue weighted by Gasteiger charge is 2.12. The van der Waals surface area contributed by atoms with Crippen molar-refractivity contribution in [2.24, 2.45) is 0 Å². The first-order chi connectivity index (χ1) is 15.0. The summed E-state index contributed by atoms with van der Waals surface area (Å²) in [6.45, 7) is -2.58. The second-order valence-electron chi connectivity index (χ2n) is 6.54. The third-order valence-corrected chi connectivity index (χ3v) is 5.47. The molecule has 1 aromatic heterocycles. The summed E-state index contributed by atoms with van der Waals surface area (Å²) in [5.41, 5.74) is 2.44. The van der Waals surface area contributed by atoms with E-state index in [1.807, 2.05) is 30.5 Å². The zero-order valence-electron chi connectivity index (χ0n) is 16.9. The molecule has 162 valence electrons. The van der Waals surface area contributed by atoms with Gasteiger partial charge in [0.25, 0.3) is 5.91 Å². The van der Waals surface area contributed by atoms with Gasteiger partial charge in [-0.1, -0.05) is 12.1 Å². The first-order valence-corrected chi connectivity index (χ1v) is 10.6. The van der Waals surface area contributed by atoms with Crippen LogP contribution in [0.2, 0.25) is 0 Å². The monoisotopic (exact) mass is 444 g/mol. The van der Waals surface area contributed by atoms with Gasteiger partial charge < -0.3 is 14.8 Å². The van der Waals surface area contributed by atoms with Crippen LogP contribution in [0.25, 0.3) is 0 Å². The molecule has 3 aromatic rings. The van der Waals surface area contributed by atoms with Crippen LogP contribution in [0, 0.1) is 0 Å². The third-order valence-electron chi connectivity index (χ3n) is 4.39. The number of hydrogen-bond donors (Lipinski definition) is 1. The van der Waals surface area contributed by atoms with Crippen LogP contribution < -0.4 is 14.8 Å². The summed E-state index contributed by atoms with van der Waals surface area (Å²) in [6, 6.07) is 16.1. The van der Waals surface area contributed by atoms with Crippen LogP contribution in [0.4, 0.5) is 8.78 Å². The molecule has 0 saturated heterocycles. The van der Waals surface area contributed by atoms with Crippen molar-refractivity contribution in [2.45, 2.75) is 23.7 Å². The second kappa shape index (κ2) is 11.3. The summed E-state index contributed by atoms with van der Waals surface area (Å²) in [5, 5.41) is 2.84. The number of alkyl halides is 2. The first-order valence-electron chi connectivity index (χ1n) is 9.57. The number of carbonyl (C=O) groups is 1. The molecule has 0 aliphatic carbocycles. The van der Waals surface area contributed by atoms with E-state index in [0.29, 0.717) is 18.5 Å². The normalized spacial score (nSPS) is 10.7. The van der Waals surface area contributed by atoms with Gasteiger partial charge in [0.05, 0.1) is 7.11 Å². The largest absolute Gasteiger partial charge is 0.493 e. The molecule has 0 unspecified atom stereocenters. The van der Waals surface area contributed by atoms with Crippen molar-refractivity contribution >= 4 is 17.7 Å². The molecule has 0 aliphatic heterocycles. The van der Waals surface area contributed by atoms with Crippen LogP contribution in [0.15, 0.2) is 71.9 Å². The zero-order chi connectivity index (χ0) is 22.1. The fraction of sp³-hybridized carbons (Fsp3) is 0.217. The molecule has 1 N–H and O–H groups in total. The van der Waals surface area contributed by atoms with Gasteiger partial charge in [-0.3, -0.25) is 9.78 Å². The highest BCUT2D eigenvalue weighted by Crippen LogP contribution is 2.29. The number of aromatic nitrogens is 1. The van der Waals surface area contributed by atoms with Crippen LogP contribution in [-0.4, -0.2) is 31.2 Å². The lowest BCUT2D eigenvalue weighted by molar-refractivity contribution is -0.0512. The molecule has 8 heteroatoms. The molecular formula is C23H22F2N2O3S. The number of thioether (sulfide) groups is 1. The Hall–Kier alpha value is -3.13. The first kappa shape index (κ1) is 22.6. The van der Waals surface area contributed by atoms with Crippen molar-refractivity contribution in [3.05, 3.63) is 83.7 Å². The quantitative estimate of drug-likeness (QED) is 0.448. The average Bonchev–Trinajstić information content (AvgIpc) is 2.78. The van der Waals surface area contributed by atoms with Crippen LogP contribution in [0.1, 0.15) is 21.5 Å². The topological polar surface area (TPSA) is 60.5 Å². The van der Waals surface area contributed by atoms with E-state index in [-0.39, 0.29) is 17.4 Å². The van der Waals surface area contributed by atoms with Gasteiger partial charge in [0.1, 0.15) is 0 Å². The highest BCUT2D eigenvalue weighted by molar-refractivity contribution is 7.98. The van der Waals surface area contributed by atoms with E-state index >= 15 is 0 Å². The smallest absolute Gasteiger partial charge is 0.387 e. The maximum atomic E-state index is 12.5. The Morgan fingerprint density at radius 1 is 1.10 bits per heavy atom. The zero-order valence-corrected chi connectivity index (χ0v) is 17.7. The van der Waals surface area contributed by atoms with Gasteiger partial charge >= 0.3 is 6.61 Å². The number of nitrogens with one attached hydrogen (secondary N) is 1. The van der Waals surface area contributed by atoms with Gasteiger partial charge in [-0.05, 0) is 60.0 Å². The summed E-state index contributed by atoms with van der Waals surface area (Å²) < 4.78 is 34.6. The van der Waals surface area contributed by atoms with E-state index in [1.54, 1.807) is 42.2 Å². The van der Waals surface area contributed by atoms with E-state index < -0.39 is 6.61 Å². The molecule has 2 aromatic carbocycles. The number of amides is 1. The Balaban J connectivity index is 1.49. The molecule has 3 rings (SSSR count). The Morgan fingerprint density at radius 2 is 1.90 bits per heavy atom. The van der Waals surface area contributed by atoms with E-state index in [1.165, 1.54) is 13.2 Å². The Bertz CT molecular complexity index is 986. The van der Waals surface area contributed by atoms with Crippen molar-refractivity contribution in [3.63, 3.8) is 0 Å². The summed E-state index contributed by atoms with van der Waals surface area (Å²) in [4.78, 5) is 17.5. The molecule has 0 saturated carbocycles. The van der Waals surface area contributed by atoms with E-state index in [2.05, 4.69) is 15.0 Å². The molecule has 0 fully saturated rings. The maximum absolute atomic E-state index is 12.5. The number of pyridine rings is 1. The van der Waals surface area contributed by atoms with Crippen molar-refractivity contribution in [1.29, 1.82) is 0 Å². The number of carbonyl (C=O) groups excluding carboxylic acids is 1. The van der Waals surface area contributed by atoms with Crippen LogP contribution in [0.5, 0.6) is 11.5 Å². The van der Waals surface area contributed by atoms with E-state index in [4.69, 9.17) is 4.74 Å². The second-order valence-corrected chi connectivity index (χ2v) is 7.59. The summed E-state index contributed by atoms with van der Waals surface area (Å²) >= 11 is 1.67. The lowest BCUT2D eigenvalue weighted by Crippen LogP contribution is -2.25. The van der Waals surface area contributed by atoms with Crippen molar-refractivity contribution in [3.8, 4) is 11.5 Å². The van der Waals surface area contributed by atoms with E-state index in [9.17, 15) is 13.6 Å². The summed E-state index contributed by atoms with van der Waals surface area (Å²) in [7, 11) is 1.39. The van der Waals surface area contributed by atoms with Crippen molar-refractivity contribution in [2.75, 3.05) is 13.7 Å². The summed E-state index contributed by atoms with van der Waals surface area (Å²) in [5.74, 6) is 0.815. The van der Waals surface area contributed by atoms with Gasteiger partial charge in [0, 0.05) is 35.2 Å². The van der Waals surface area contributed by atoms with Gasteiger partial charge in [0.2, 0.25) is 0 Å². The summed E-state index contributed by atoms with van der Waals surface area (Å²) in [6.07, 6.45) is 4.04. The minimum Gasteiger partial charge on any atom is -0.493 e. The Morgan fingerprint density at radius 3 is 2.58 bits per heavy atom. The fourth-order valence-corrected chi connectivity index (χ4v) is 3.67. The number of hydrogen-bond acceptors (Lipinski definition) is 5. The van der Waals surface area contributed by atoms with Crippen LogP contribution in [0.3, 0.4) is 0 Å². The Labute approximate surface area is 183 Å². The molecular weight excluding hydrogens is 422 g/mol. The molecule has 0 atom stereocenters. The number of nitrogens with zero attached hydrogens (tertiary/aromatic N) is 1. The predicted molar refractivity (Wildman–Crippen MR) is 116 cm³/mol. The van der Waals surface area contributed by atoms with Crippen molar-refractivity contribution in [1.82, 2.24) is 10.3 Å². The van der Waals surface area contributed by atoms with Gasteiger partial charge in [-0.15, -0.1) is 11.8 Å². The number of methoxy groups -OCH3 is 1. The molecule has 5 nitrogen and oxygen atoms in total. The molecule has 1 amide bonds. The minimum absolute atomic E-state index is 0.0271. The van der Waals surface area contributed by atoms with Gasteiger partial charge in [-0.2, -0.15) is 8.78 Å². The maximum Gasteiger partial charge on any atom is 0.387 e. The third kappa shape index (κ3) is 6.96. The van der Waals surface area contributed by atoms with Crippen molar-refractivity contribution < 1.29 is 23.0 Å². The predicted octanol–water partition coefficient (Wildman–Crippen LogP) is 4.96. The van der Waals surface area contributed by atoms with Gasteiger partial charge in [0.15, 0.2) is 11.5 Å².